The second-order valence-electron chi connectivity index (χ2n) is 5.53. The smallest absolute Gasteiger partial charge is 0.339 e. The number of anilines is 1. The molecule has 1 aromatic heterocycles. The zero-order valence-corrected chi connectivity index (χ0v) is 14.1. The Morgan fingerprint density at radius 1 is 1.04 bits per heavy atom. The number of amides is 1. The van der Waals surface area contributed by atoms with E-state index in [1.807, 2.05) is 42.5 Å². The highest BCUT2D eigenvalue weighted by atomic mass is 16.5. The van der Waals surface area contributed by atoms with Gasteiger partial charge in [-0.05, 0) is 37.4 Å². The molecule has 0 unspecified atom stereocenters. The van der Waals surface area contributed by atoms with E-state index in [9.17, 15) is 9.59 Å². The molecule has 0 spiro atoms. The molecule has 0 atom stereocenters. The number of nitrogens with one attached hydrogen (secondary N) is 1. The number of nitrogens with zero attached hydrogens (tertiary/aromatic N) is 1. The molecule has 2 aromatic carbocycles. The molecule has 25 heavy (non-hydrogen) atoms. The number of rotatable bonds is 4. The summed E-state index contributed by atoms with van der Waals surface area (Å²) in [6.45, 7) is 3.72. The molecule has 0 radical (unpaired) electrons. The molecule has 0 saturated carbocycles. The van der Waals surface area contributed by atoms with Crippen LogP contribution in [0.4, 0.5) is 5.69 Å². The Bertz CT molecular complexity index is 945. The highest BCUT2D eigenvalue weighted by Crippen LogP contribution is 2.23. The summed E-state index contributed by atoms with van der Waals surface area (Å²) in [5.41, 5.74) is 1.79. The minimum absolute atomic E-state index is 0.249. The minimum Gasteiger partial charge on any atom is -0.462 e. The summed E-state index contributed by atoms with van der Waals surface area (Å²) in [5, 5.41) is 4.88. The van der Waals surface area contributed by atoms with E-state index < -0.39 is 5.97 Å². The number of pyridine rings is 1. The van der Waals surface area contributed by atoms with E-state index in [4.69, 9.17) is 4.74 Å². The van der Waals surface area contributed by atoms with Crippen molar-refractivity contribution in [3.8, 4) is 0 Å². The van der Waals surface area contributed by atoms with Crippen LogP contribution >= 0.6 is 0 Å². The molecular formula is C20H18N2O3. The maximum absolute atomic E-state index is 12.5. The molecule has 126 valence electrons. The molecule has 0 bridgehead atoms. The zero-order valence-electron chi connectivity index (χ0n) is 14.1. The van der Waals surface area contributed by atoms with Gasteiger partial charge in [0.05, 0.1) is 17.9 Å². The van der Waals surface area contributed by atoms with Gasteiger partial charge in [-0.1, -0.05) is 36.4 Å². The number of hydrogen-bond acceptors (Lipinski definition) is 4. The van der Waals surface area contributed by atoms with E-state index in [2.05, 4.69) is 10.3 Å². The topological polar surface area (TPSA) is 68.3 Å². The number of ether oxygens (including phenoxy) is 1. The van der Waals surface area contributed by atoms with E-state index in [0.717, 1.165) is 16.5 Å². The molecule has 0 fully saturated rings. The van der Waals surface area contributed by atoms with Crippen LogP contribution < -0.4 is 5.32 Å². The second-order valence-corrected chi connectivity index (χ2v) is 5.53. The first-order chi connectivity index (χ1) is 12.1. The Balaban J connectivity index is 1.86. The van der Waals surface area contributed by atoms with E-state index in [-0.39, 0.29) is 11.6 Å². The van der Waals surface area contributed by atoms with Crippen molar-refractivity contribution in [2.75, 3.05) is 11.9 Å². The lowest BCUT2D eigenvalue weighted by Gasteiger charge is -2.10. The monoisotopic (exact) mass is 334 g/mol. The normalized spacial score (nSPS) is 10.5. The standard InChI is InChI=1S/C20H18N2O3/c1-3-25-20(24)15-11-12-18(21-13(15)2)19(23)22-17-10-6-8-14-7-4-5-9-16(14)17/h4-12H,3H2,1-2H3,(H,22,23). The average Bonchev–Trinajstić information content (AvgIpc) is 2.62. The van der Waals surface area contributed by atoms with Crippen molar-refractivity contribution in [2.24, 2.45) is 0 Å². The first kappa shape index (κ1) is 16.6. The number of aromatic nitrogens is 1. The second kappa shape index (κ2) is 7.13. The number of hydrogen-bond donors (Lipinski definition) is 1. The van der Waals surface area contributed by atoms with Crippen molar-refractivity contribution in [3.63, 3.8) is 0 Å². The number of esters is 1. The summed E-state index contributed by atoms with van der Waals surface area (Å²) < 4.78 is 4.97. The number of carbonyl (C=O) groups excluding carboxylic acids is 2. The molecule has 1 heterocycles. The molecule has 0 aliphatic rings. The van der Waals surface area contributed by atoms with Gasteiger partial charge in [-0.2, -0.15) is 0 Å². The van der Waals surface area contributed by atoms with Crippen molar-refractivity contribution in [1.29, 1.82) is 0 Å². The van der Waals surface area contributed by atoms with Crippen LogP contribution in [-0.2, 0) is 4.74 Å². The van der Waals surface area contributed by atoms with Crippen LogP contribution in [0.15, 0.2) is 54.6 Å². The summed E-state index contributed by atoms with van der Waals surface area (Å²) >= 11 is 0. The first-order valence-electron chi connectivity index (χ1n) is 8.04. The molecule has 0 saturated heterocycles. The summed E-state index contributed by atoms with van der Waals surface area (Å²) in [7, 11) is 0. The van der Waals surface area contributed by atoms with E-state index in [1.165, 1.54) is 6.07 Å². The van der Waals surface area contributed by atoms with Crippen LogP contribution in [0.3, 0.4) is 0 Å². The largest absolute Gasteiger partial charge is 0.462 e. The van der Waals surface area contributed by atoms with Gasteiger partial charge in [0.1, 0.15) is 5.69 Å². The Morgan fingerprint density at radius 2 is 1.80 bits per heavy atom. The summed E-state index contributed by atoms with van der Waals surface area (Å²) in [6.07, 6.45) is 0. The molecule has 0 aliphatic heterocycles. The lowest BCUT2D eigenvalue weighted by Crippen LogP contribution is -2.16. The molecule has 5 nitrogen and oxygen atoms in total. The SMILES string of the molecule is CCOC(=O)c1ccc(C(=O)Nc2cccc3ccccc23)nc1C. The van der Waals surface area contributed by atoms with Gasteiger partial charge in [-0.15, -0.1) is 0 Å². The third-order valence-corrected chi connectivity index (χ3v) is 3.85. The fourth-order valence-electron chi connectivity index (χ4n) is 2.63. The summed E-state index contributed by atoms with van der Waals surface area (Å²) in [4.78, 5) is 28.6. The number of carbonyl (C=O) groups is 2. The number of benzene rings is 2. The van der Waals surface area contributed by atoms with Crippen LogP contribution in [-0.4, -0.2) is 23.5 Å². The van der Waals surface area contributed by atoms with Crippen molar-refractivity contribution >= 4 is 28.3 Å². The Morgan fingerprint density at radius 3 is 2.56 bits per heavy atom. The summed E-state index contributed by atoms with van der Waals surface area (Å²) in [6, 6.07) is 16.6. The highest BCUT2D eigenvalue weighted by Gasteiger charge is 2.15. The van der Waals surface area contributed by atoms with Gasteiger partial charge in [-0.25, -0.2) is 9.78 Å². The van der Waals surface area contributed by atoms with Crippen LogP contribution in [0.2, 0.25) is 0 Å². The van der Waals surface area contributed by atoms with E-state index >= 15 is 0 Å². The number of aryl methyl sites for hydroxylation is 1. The van der Waals surface area contributed by atoms with Crippen LogP contribution in [0, 0.1) is 6.92 Å². The van der Waals surface area contributed by atoms with Crippen LogP contribution in [0.5, 0.6) is 0 Å². The molecule has 3 aromatic rings. The molecule has 0 aliphatic carbocycles. The van der Waals surface area contributed by atoms with Gasteiger partial charge in [0.2, 0.25) is 0 Å². The Hall–Kier alpha value is -3.21. The van der Waals surface area contributed by atoms with Gasteiger partial charge < -0.3 is 10.1 Å². The predicted molar refractivity (Wildman–Crippen MR) is 96.8 cm³/mol. The van der Waals surface area contributed by atoms with E-state index in [0.29, 0.717) is 17.9 Å². The summed E-state index contributed by atoms with van der Waals surface area (Å²) in [5.74, 6) is -0.761. The fourth-order valence-corrected chi connectivity index (χ4v) is 2.63. The lowest BCUT2D eigenvalue weighted by molar-refractivity contribution is 0.0524. The minimum atomic E-state index is -0.437. The van der Waals surface area contributed by atoms with Crippen molar-refractivity contribution in [3.05, 3.63) is 71.5 Å². The van der Waals surface area contributed by atoms with Gasteiger partial charge >= 0.3 is 5.97 Å². The van der Waals surface area contributed by atoms with Gasteiger partial charge in [0.25, 0.3) is 5.91 Å². The Kier molecular flexibility index (Phi) is 4.75. The molecule has 5 heteroatoms. The van der Waals surface area contributed by atoms with Crippen LogP contribution in [0.1, 0.15) is 33.5 Å². The predicted octanol–water partition coefficient (Wildman–Crippen LogP) is 3.97. The van der Waals surface area contributed by atoms with Crippen molar-refractivity contribution in [1.82, 2.24) is 4.98 Å². The zero-order chi connectivity index (χ0) is 17.8. The van der Waals surface area contributed by atoms with E-state index in [1.54, 1.807) is 19.9 Å². The molecule has 3 rings (SSSR count). The maximum Gasteiger partial charge on any atom is 0.339 e. The fraction of sp³-hybridized carbons (Fsp3) is 0.150. The molecule has 1 amide bonds. The quantitative estimate of drug-likeness (QED) is 0.733. The molecule has 1 N–H and O–H groups in total. The van der Waals surface area contributed by atoms with Crippen molar-refractivity contribution < 1.29 is 14.3 Å². The van der Waals surface area contributed by atoms with Crippen LogP contribution in [0.25, 0.3) is 10.8 Å². The number of fused-ring (bicyclic) bond motifs is 1. The maximum atomic E-state index is 12.5. The molecular weight excluding hydrogens is 316 g/mol. The van der Waals surface area contributed by atoms with Gasteiger partial charge in [0.15, 0.2) is 0 Å². The van der Waals surface area contributed by atoms with Gasteiger partial charge in [0, 0.05) is 11.1 Å². The lowest BCUT2D eigenvalue weighted by atomic mass is 10.1. The highest BCUT2D eigenvalue weighted by molar-refractivity contribution is 6.08. The van der Waals surface area contributed by atoms with Gasteiger partial charge in [-0.3, -0.25) is 4.79 Å². The Labute approximate surface area is 145 Å². The van der Waals surface area contributed by atoms with Crippen molar-refractivity contribution in [2.45, 2.75) is 13.8 Å². The third-order valence-electron chi connectivity index (χ3n) is 3.85. The third kappa shape index (κ3) is 3.50. The average molecular weight is 334 g/mol. The first-order valence-corrected chi connectivity index (χ1v) is 8.04.